The first-order valence-electron chi connectivity index (χ1n) is 10.7. The van der Waals surface area contributed by atoms with Gasteiger partial charge in [-0.1, -0.05) is 18.2 Å². The second-order valence-corrected chi connectivity index (χ2v) is 8.47. The van der Waals surface area contributed by atoms with Crippen molar-refractivity contribution >= 4 is 38.7 Å². The van der Waals surface area contributed by atoms with Crippen LogP contribution >= 0.6 is 0 Å². The lowest BCUT2D eigenvalue weighted by atomic mass is 10.0. The van der Waals surface area contributed by atoms with Crippen LogP contribution in [-0.2, 0) is 17.6 Å². The lowest BCUT2D eigenvalue weighted by Crippen LogP contribution is -2.36. The molecule has 32 heavy (non-hydrogen) atoms. The summed E-state index contributed by atoms with van der Waals surface area (Å²) in [6.45, 7) is 5.79. The van der Waals surface area contributed by atoms with Gasteiger partial charge in [-0.05, 0) is 56.0 Å². The maximum Gasteiger partial charge on any atom is 0.340 e. The highest BCUT2D eigenvalue weighted by molar-refractivity contribution is 5.96. The fourth-order valence-electron chi connectivity index (χ4n) is 4.41. The van der Waals surface area contributed by atoms with Crippen molar-refractivity contribution in [3.63, 3.8) is 0 Å². The van der Waals surface area contributed by atoms with E-state index in [-0.39, 0.29) is 18.4 Å². The number of rotatable bonds is 5. The third-order valence-corrected chi connectivity index (χ3v) is 6.12. The van der Waals surface area contributed by atoms with Crippen molar-refractivity contribution in [3.05, 3.63) is 81.5 Å². The predicted octanol–water partition coefficient (Wildman–Crippen LogP) is 4.93. The fraction of sp³-hybridized carbons (Fsp3) is 0.231. The Labute approximate surface area is 184 Å². The average molecular weight is 428 g/mol. The van der Waals surface area contributed by atoms with Crippen LogP contribution in [-0.4, -0.2) is 16.9 Å². The standard InChI is InChI=1S/C26H24N2O4/c1-14-13-31-23-11-24-20(9-19(14)23)16(3)21(26(30)32-24)10-25(29)28-15(2)8-17-12-27-22-7-5-4-6-18(17)22/h4-7,9,11-13,15,27H,8,10H2,1-3H3,(H,28,29). The number of benzene rings is 2. The third kappa shape index (κ3) is 3.47. The molecule has 5 aromatic rings. The molecule has 6 nitrogen and oxygen atoms in total. The van der Waals surface area contributed by atoms with Gasteiger partial charge in [-0.2, -0.15) is 0 Å². The Kier molecular flexibility index (Phi) is 4.85. The van der Waals surface area contributed by atoms with E-state index in [9.17, 15) is 9.59 Å². The first-order valence-corrected chi connectivity index (χ1v) is 10.7. The van der Waals surface area contributed by atoms with Crippen LogP contribution in [0.2, 0.25) is 0 Å². The van der Waals surface area contributed by atoms with Gasteiger partial charge in [0.05, 0.1) is 18.2 Å². The van der Waals surface area contributed by atoms with Gasteiger partial charge in [-0.3, -0.25) is 4.79 Å². The zero-order chi connectivity index (χ0) is 22.4. The first-order chi connectivity index (χ1) is 15.4. The number of furan rings is 1. The van der Waals surface area contributed by atoms with Crippen LogP contribution in [0.3, 0.4) is 0 Å². The molecule has 3 aromatic heterocycles. The van der Waals surface area contributed by atoms with Gasteiger partial charge >= 0.3 is 5.63 Å². The predicted molar refractivity (Wildman–Crippen MR) is 125 cm³/mol. The molecule has 0 saturated carbocycles. The summed E-state index contributed by atoms with van der Waals surface area (Å²) in [6, 6.07) is 11.7. The van der Waals surface area contributed by atoms with E-state index < -0.39 is 5.63 Å². The number of hydrogen-bond acceptors (Lipinski definition) is 4. The summed E-state index contributed by atoms with van der Waals surface area (Å²) < 4.78 is 11.0. The highest BCUT2D eigenvalue weighted by atomic mass is 16.4. The van der Waals surface area contributed by atoms with Crippen LogP contribution < -0.4 is 10.9 Å². The van der Waals surface area contributed by atoms with E-state index in [1.54, 1.807) is 12.3 Å². The molecule has 0 aliphatic heterocycles. The summed E-state index contributed by atoms with van der Waals surface area (Å²) in [7, 11) is 0. The number of aromatic nitrogens is 1. The molecule has 0 saturated heterocycles. The second-order valence-electron chi connectivity index (χ2n) is 8.47. The van der Waals surface area contributed by atoms with Crippen molar-refractivity contribution in [2.45, 2.75) is 39.7 Å². The van der Waals surface area contributed by atoms with Crippen LogP contribution in [0.15, 0.2) is 62.5 Å². The molecule has 3 heterocycles. The minimum Gasteiger partial charge on any atom is -0.464 e. The normalized spacial score (nSPS) is 12.6. The van der Waals surface area contributed by atoms with Crippen LogP contribution in [0.4, 0.5) is 0 Å². The zero-order valence-corrected chi connectivity index (χ0v) is 18.2. The quantitative estimate of drug-likeness (QED) is 0.389. The molecule has 5 rings (SSSR count). The van der Waals surface area contributed by atoms with Gasteiger partial charge < -0.3 is 19.1 Å². The van der Waals surface area contributed by atoms with Crippen molar-refractivity contribution in [2.24, 2.45) is 0 Å². The Hall–Kier alpha value is -3.80. The second kappa shape index (κ2) is 7.71. The highest BCUT2D eigenvalue weighted by Gasteiger charge is 2.18. The molecular formula is C26H24N2O4. The van der Waals surface area contributed by atoms with Gasteiger partial charge in [0.25, 0.3) is 0 Å². The summed E-state index contributed by atoms with van der Waals surface area (Å²) in [5.41, 5.74) is 5.03. The minimum absolute atomic E-state index is 0.0231. The number of hydrogen-bond donors (Lipinski definition) is 2. The number of carbonyl (C=O) groups excluding carboxylic acids is 1. The number of aryl methyl sites for hydroxylation is 2. The number of carbonyl (C=O) groups is 1. The van der Waals surface area contributed by atoms with E-state index in [0.717, 1.165) is 38.4 Å². The molecule has 162 valence electrons. The van der Waals surface area contributed by atoms with Crippen LogP contribution in [0.1, 0.15) is 29.2 Å². The Balaban J connectivity index is 1.37. The largest absolute Gasteiger partial charge is 0.464 e. The van der Waals surface area contributed by atoms with E-state index in [1.807, 2.05) is 51.2 Å². The topological polar surface area (TPSA) is 88.2 Å². The number of nitrogens with one attached hydrogen (secondary N) is 2. The van der Waals surface area contributed by atoms with Gasteiger partial charge in [0, 0.05) is 40.0 Å². The van der Waals surface area contributed by atoms with Crippen LogP contribution in [0.25, 0.3) is 32.8 Å². The number of aromatic amines is 1. The molecule has 6 heteroatoms. The summed E-state index contributed by atoms with van der Waals surface area (Å²) in [5.74, 6) is -0.201. The molecule has 0 aliphatic carbocycles. The minimum atomic E-state index is -0.489. The zero-order valence-electron chi connectivity index (χ0n) is 18.2. The van der Waals surface area contributed by atoms with E-state index >= 15 is 0 Å². The van der Waals surface area contributed by atoms with Gasteiger partial charge in [0.2, 0.25) is 5.91 Å². The van der Waals surface area contributed by atoms with E-state index in [1.165, 1.54) is 0 Å². The Bertz CT molecular complexity index is 1540. The van der Waals surface area contributed by atoms with Gasteiger partial charge in [-0.15, -0.1) is 0 Å². The molecular weight excluding hydrogens is 404 g/mol. The van der Waals surface area contributed by atoms with Gasteiger partial charge in [0.1, 0.15) is 11.2 Å². The number of amides is 1. The molecule has 1 amide bonds. The van der Waals surface area contributed by atoms with Crippen molar-refractivity contribution < 1.29 is 13.6 Å². The van der Waals surface area contributed by atoms with Crippen molar-refractivity contribution in [2.75, 3.05) is 0 Å². The highest BCUT2D eigenvalue weighted by Crippen LogP contribution is 2.29. The van der Waals surface area contributed by atoms with Gasteiger partial charge in [0.15, 0.2) is 0 Å². The number of para-hydroxylation sites is 1. The Morgan fingerprint density at radius 3 is 2.75 bits per heavy atom. The monoisotopic (exact) mass is 428 g/mol. The summed E-state index contributed by atoms with van der Waals surface area (Å²) >= 11 is 0. The molecule has 2 N–H and O–H groups in total. The molecule has 2 aromatic carbocycles. The fourth-order valence-corrected chi connectivity index (χ4v) is 4.41. The first kappa shape index (κ1) is 20.1. The number of H-pyrrole nitrogens is 1. The molecule has 0 bridgehead atoms. The molecule has 0 fully saturated rings. The van der Waals surface area contributed by atoms with Crippen LogP contribution in [0, 0.1) is 13.8 Å². The third-order valence-electron chi connectivity index (χ3n) is 6.12. The molecule has 1 unspecified atom stereocenters. The molecule has 1 atom stereocenters. The van der Waals surface area contributed by atoms with Crippen molar-refractivity contribution in [3.8, 4) is 0 Å². The summed E-state index contributed by atoms with van der Waals surface area (Å²) in [4.78, 5) is 28.7. The Morgan fingerprint density at radius 2 is 1.91 bits per heavy atom. The van der Waals surface area contributed by atoms with Crippen LogP contribution in [0.5, 0.6) is 0 Å². The average Bonchev–Trinajstić information content (AvgIpc) is 3.33. The summed E-state index contributed by atoms with van der Waals surface area (Å²) in [6.07, 6.45) is 4.33. The lowest BCUT2D eigenvalue weighted by Gasteiger charge is -2.14. The smallest absolute Gasteiger partial charge is 0.340 e. The van der Waals surface area contributed by atoms with E-state index in [2.05, 4.69) is 16.4 Å². The number of fused-ring (bicyclic) bond motifs is 3. The molecule has 0 radical (unpaired) electrons. The maximum atomic E-state index is 12.8. The summed E-state index contributed by atoms with van der Waals surface area (Å²) in [5, 5.41) is 5.96. The van der Waals surface area contributed by atoms with Crippen molar-refractivity contribution in [1.29, 1.82) is 0 Å². The SMILES string of the molecule is Cc1coc2cc3oc(=O)c(CC(=O)NC(C)Cc4c[nH]c5ccccc45)c(C)c3cc12. The lowest BCUT2D eigenvalue weighted by molar-refractivity contribution is -0.121. The molecule has 0 spiro atoms. The van der Waals surface area contributed by atoms with Crippen molar-refractivity contribution in [1.82, 2.24) is 10.3 Å². The molecule has 0 aliphatic rings. The van der Waals surface area contributed by atoms with Gasteiger partial charge in [-0.25, -0.2) is 4.79 Å². The van der Waals surface area contributed by atoms with E-state index in [4.69, 9.17) is 8.83 Å². The van der Waals surface area contributed by atoms with E-state index in [0.29, 0.717) is 23.2 Å². The Morgan fingerprint density at radius 1 is 1.09 bits per heavy atom. The maximum absolute atomic E-state index is 12.8.